The fraction of sp³-hybridized carbons (Fsp3) is 0.500. The summed E-state index contributed by atoms with van der Waals surface area (Å²) in [6.45, 7) is 10.4. The van der Waals surface area contributed by atoms with Gasteiger partial charge in [-0.15, -0.1) is 0 Å². The van der Waals surface area contributed by atoms with Gasteiger partial charge in [0, 0.05) is 0 Å². The van der Waals surface area contributed by atoms with E-state index < -0.39 is 6.04 Å². The standard InChI is InChI=1S/C22H33NO2/c1-16(8-6-9-17(2)14-21(25)20(23)15-24)11-12-19-18(3)10-7-13-22(19,4)5/h6,8-9,11-12,14,20,24H,7,10,13,15,23H2,1-5H3/b9-6+,12-11+,16-8+,17-14+. The Hall–Kier alpha value is -1.71. The molecule has 0 aromatic rings. The highest BCUT2D eigenvalue weighted by atomic mass is 16.3. The summed E-state index contributed by atoms with van der Waals surface area (Å²) in [4.78, 5) is 11.6. The van der Waals surface area contributed by atoms with Gasteiger partial charge in [0.2, 0.25) is 0 Å². The Labute approximate surface area is 152 Å². The van der Waals surface area contributed by atoms with Gasteiger partial charge in [-0.1, -0.05) is 55.4 Å². The summed E-state index contributed by atoms with van der Waals surface area (Å²) in [6.07, 6.45) is 15.4. The number of aliphatic hydroxyl groups is 1. The Morgan fingerprint density at radius 1 is 1.28 bits per heavy atom. The Morgan fingerprint density at radius 2 is 1.96 bits per heavy atom. The van der Waals surface area contributed by atoms with Crippen LogP contribution >= 0.6 is 0 Å². The van der Waals surface area contributed by atoms with Crippen LogP contribution < -0.4 is 5.73 Å². The van der Waals surface area contributed by atoms with E-state index >= 15 is 0 Å². The molecule has 0 heterocycles. The summed E-state index contributed by atoms with van der Waals surface area (Å²) in [7, 11) is 0. The van der Waals surface area contributed by atoms with Crippen molar-refractivity contribution in [3.05, 3.63) is 58.7 Å². The number of carbonyl (C=O) groups is 1. The lowest BCUT2D eigenvalue weighted by molar-refractivity contribution is -0.116. The molecule has 0 saturated heterocycles. The van der Waals surface area contributed by atoms with Crippen LogP contribution in [-0.2, 0) is 4.79 Å². The Balaban J connectivity index is 2.76. The van der Waals surface area contributed by atoms with Crippen molar-refractivity contribution in [1.82, 2.24) is 0 Å². The molecule has 1 aliphatic carbocycles. The summed E-state index contributed by atoms with van der Waals surface area (Å²) in [5, 5.41) is 8.87. The number of hydrogen-bond acceptors (Lipinski definition) is 3. The maximum absolute atomic E-state index is 11.6. The van der Waals surface area contributed by atoms with Gasteiger partial charge >= 0.3 is 0 Å². The normalized spacial score (nSPS) is 20.6. The summed E-state index contributed by atoms with van der Waals surface area (Å²) in [6, 6.07) is -0.834. The maximum Gasteiger partial charge on any atom is 0.174 e. The minimum absolute atomic E-state index is 0.250. The van der Waals surface area contributed by atoms with Crippen LogP contribution in [0.2, 0.25) is 0 Å². The first kappa shape index (κ1) is 21.3. The number of aliphatic hydroxyl groups excluding tert-OH is 1. The number of rotatable bonds is 7. The lowest BCUT2D eigenvalue weighted by Crippen LogP contribution is -2.32. The third-order valence-electron chi connectivity index (χ3n) is 4.71. The van der Waals surface area contributed by atoms with Crippen molar-refractivity contribution < 1.29 is 9.90 Å². The van der Waals surface area contributed by atoms with Gasteiger partial charge in [-0.25, -0.2) is 0 Å². The molecule has 0 saturated carbocycles. The molecule has 138 valence electrons. The smallest absolute Gasteiger partial charge is 0.174 e. The van der Waals surface area contributed by atoms with E-state index in [9.17, 15) is 4.79 Å². The first-order chi connectivity index (χ1) is 11.7. The third kappa shape index (κ3) is 6.97. The zero-order valence-electron chi connectivity index (χ0n) is 16.3. The lowest BCUT2D eigenvalue weighted by atomic mass is 9.72. The van der Waals surface area contributed by atoms with E-state index in [1.165, 1.54) is 36.5 Å². The molecular weight excluding hydrogens is 310 g/mol. The molecule has 1 aliphatic rings. The van der Waals surface area contributed by atoms with Gasteiger partial charge in [-0.05, 0) is 62.7 Å². The Kier molecular flexibility index (Phi) is 8.27. The molecule has 0 radical (unpaired) electrons. The van der Waals surface area contributed by atoms with Gasteiger partial charge in [0.05, 0.1) is 12.6 Å². The molecule has 0 aliphatic heterocycles. The van der Waals surface area contributed by atoms with Crippen LogP contribution in [0.4, 0.5) is 0 Å². The molecule has 1 atom stereocenters. The van der Waals surface area contributed by atoms with Crippen molar-refractivity contribution in [2.45, 2.75) is 59.9 Å². The van der Waals surface area contributed by atoms with E-state index in [2.05, 4.69) is 39.8 Å². The molecule has 0 spiro atoms. The molecule has 0 bridgehead atoms. The Morgan fingerprint density at radius 3 is 2.56 bits per heavy atom. The molecule has 3 N–H and O–H groups in total. The molecule has 1 unspecified atom stereocenters. The van der Waals surface area contributed by atoms with Crippen LogP contribution in [0.5, 0.6) is 0 Å². The average molecular weight is 344 g/mol. The second kappa shape index (κ2) is 9.69. The van der Waals surface area contributed by atoms with Crippen molar-refractivity contribution in [1.29, 1.82) is 0 Å². The zero-order chi connectivity index (χ0) is 19.0. The Bertz CT molecular complexity index is 630. The van der Waals surface area contributed by atoms with Crippen LogP contribution in [-0.4, -0.2) is 23.5 Å². The first-order valence-corrected chi connectivity index (χ1v) is 8.99. The van der Waals surface area contributed by atoms with Crippen LogP contribution in [0.3, 0.4) is 0 Å². The fourth-order valence-electron chi connectivity index (χ4n) is 3.10. The maximum atomic E-state index is 11.6. The van der Waals surface area contributed by atoms with E-state index in [0.29, 0.717) is 0 Å². The topological polar surface area (TPSA) is 63.3 Å². The molecule has 3 heteroatoms. The van der Waals surface area contributed by atoms with Crippen LogP contribution in [0, 0.1) is 5.41 Å². The molecule has 0 aromatic heterocycles. The summed E-state index contributed by atoms with van der Waals surface area (Å²) >= 11 is 0. The highest BCUT2D eigenvalue weighted by Crippen LogP contribution is 2.40. The summed E-state index contributed by atoms with van der Waals surface area (Å²) in [5.74, 6) is -0.257. The van der Waals surface area contributed by atoms with E-state index in [4.69, 9.17) is 10.8 Å². The van der Waals surface area contributed by atoms with Crippen molar-refractivity contribution in [3.63, 3.8) is 0 Å². The van der Waals surface area contributed by atoms with Crippen molar-refractivity contribution >= 4 is 5.78 Å². The molecule has 0 amide bonds. The van der Waals surface area contributed by atoms with Crippen LogP contribution in [0.1, 0.15) is 53.9 Å². The molecule has 3 nitrogen and oxygen atoms in total. The van der Waals surface area contributed by atoms with E-state index in [0.717, 1.165) is 11.1 Å². The second-order valence-corrected chi connectivity index (χ2v) is 7.61. The van der Waals surface area contributed by atoms with Crippen molar-refractivity contribution in [2.75, 3.05) is 6.61 Å². The van der Waals surface area contributed by atoms with Crippen molar-refractivity contribution in [2.24, 2.45) is 11.1 Å². The highest BCUT2D eigenvalue weighted by Gasteiger charge is 2.26. The number of allylic oxidation sites excluding steroid dienone is 9. The third-order valence-corrected chi connectivity index (χ3v) is 4.71. The van der Waals surface area contributed by atoms with Gasteiger partial charge < -0.3 is 10.8 Å². The van der Waals surface area contributed by atoms with Gasteiger partial charge in [0.15, 0.2) is 5.78 Å². The lowest BCUT2D eigenvalue weighted by Gasteiger charge is -2.32. The fourth-order valence-corrected chi connectivity index (χ4v) is 3.10. The molecule has 0 aromatic carbocycles. The average Bonchev–Trinajstić information content (AvgIpc) is 2.52. The van der Waals surface area contributed by atoms with Gasteiger partial charge in [-0.2, -0.15) is 0 Å². The van der Waals surface area contributed by atoms with Crippen LogP contribution in [0.15, 0.2) is 58.7 Å². The van der Waals surface area contributed by atoms with Gasteiger partial charge in [0.25, 0.3) is 0 Å². The van der Waals surface area contributed by atoms with E-state index in [1.807, 2.05) is 25.2 Å². The summed E-state index contributed by atoms with van der Waals surface area (Å²) < 4.78 is 0. The van der Waals surface area contributed by atoms with Gasteiger partial charge in [0.1, 0.15) is 0 Å². The number of hydrogen-bond donors (Lipinski definition) is 2. The number of nitrogens with two attached hydrogens (primary N) is 1. The van der Waals surface area contributed by atoms with Crippen molar-refractivity contribution in [3.8, 4) is 0 Å². The molecule has 0 fully saturated rings. The predicted molar refractivity (Wildman–Crippen MR) is 106 cm³/mol. The molecule has 25 heavy (non-hydrogen) atoms. The SMILES string of the molecule is CC1=C(/C=C/C(C)=C/C=C/C(C)=C/C(=O)C(N)CO)C(C)(C)CCC1. The first-order valence-electron chi connectivity index (χ1n) is 8.99. The van der Waals surface area contributed by atoms with E-state index in [-0.39, 0.29) is 17.8 Å². The predicted octanol–water partition coefficient (Wildman–Crippen LogP) is 4.41. The summed E-state index contributed by atoms with van der Waals surface area (Å²) in [5.41, 5.74) is 10.7. The zero-order valence-corrected chi connectivity index (χ0v) is 16.3. The second-order valence-electron chi connectivity index (χ2n) is 7.61. The van der Waals surface area contributed by atoms with Crippen LogP contribution in [0.25, 0.3) is 0 Å². The van der Waals surface area contributed by atoms with E-state index in [1.54, 1.807) is 0 Å². The molecule has 1 rings (SSSR count). The minimum atomic E-state index is -0.834. The number of carbonyl (C=O) groups excluding carboxylic acids is 1. The largest absolute Gasteiger partial charge is 0.394 e. The highest BCUT2D eigenvalue weighted by molar-refractivity contribution is 5.95. The minimum Gasteiger partial charge on any atom is -0.394 e. The quantitative estimate of drug-likeness (QED) is 0.532. The number of ketones is 1. The monoisotopic (exact) mass is 343 g/mol. The molecular formula is C22H33NO2. The van der Waals surface area contributed by atoms with Gasteiger partial charge in [-0.3, -0.25) is 4.79 Å².